The summed E-state index contributed by atoms with van der Waals surface area (Å²) in [4.78, 5) is 4.18. The third kappa shape index (κ3) is 3.63. The highest BCUT2D eigenvalue weighted by molar-refractivity contribution is 5.28. The molecule has 0 radical (unpaired) electrons. The topological polar surface area (TPSA) is 86.2 Å². The lowest BCUT2D eigenvalue weighted by molar-refractivity contribution is -0.0267. The van der Waals surface area contributed by atoms with Crippen molar-refractivity contribution in [3.8, 4) is 5.75 Å². The van der Waals surface area contributed by atoms with E-state index in [-0.39, 0.29) is 0 Å². The molecular formula is C14H19FN4O. The quantitative estimate of drug-likeness (QED) is 0.664. The molecule has 1 heterocycles. The standard InChI is InChI=1S/C14H19FN4O/c15-14(5-2-1-3-13(14)17)20-12-4-7-19-11(9-12)10-18-8-6-16/h1-5,7,9,13,18H,6,8,10,16-17H2. The smallest absolute Gasteiger partial charge is 0.286 e. The molecule has 0 amide bonds. The van der Waals surface area contributed by atoms with Crippen LogP contribution in [0.15, 0.2) is 42.6 Å². The number of nitrogens with two attached hydrogens (primary N) is 2. The van der Waals surface area contributed by atoms with Crippen LogP contribution in [0.4, 0.5) is 4.39 Å². The summed E-state index contributed by atoms with van der Waals surface area (Å²) in [6, 6.07) is 2.45. The average molecular weight is 278 g/mol. The summed E-state index contributed by atoms with van der Waals surface area (Å²) in [5.74, 6) is -1.64. The summed E-state index contributed by atoms with van der Waals surface area (Å²) in [7, 11) is 0. The molecule has 1 aromatic rings. The van der Waals surface area contributed by atoms with Gasteiger partial charge < -0.3 is 21.5 Å². The van der Waals surface area contributed by atoms with E-state index in [9.17, 15) is 4.39 Å². The Labute approximate surface area is 117 Å². The van der Waals surface area contributed by atoms with Gasteiger partial charge in [-0.1, -0.05) is 18.2 Å². The highest BCUT2D eigenvalue weighted by atomic mass is 19.2. The van der Waals surface area contributed by atoms with Crippen molar-refractivity contribution < 1.29 is 9.13 Å². The van der Waals surface area contributed by atoms with Gasteiger partial charge >= 0.3 is 0 Å². The van der Waals surface area contributed by atoms with Gasteiger partial charge in [-0.3, -0.25) is 4.98 Å². The molecule has 0 aliphatic heterocycles. The molecule has 5 nitrogen and oxygen atoms in total. The van der Waals surface area contributed by atoms with E-state index in [1.807, 2.05) is 0 Å². The molecule has 6 heteroatoms. The van der Waals surface area contributed by atoms with Crippen LogP contribution in [0.25, 0.3) is 0 Å². The van der Waals surface area contributed by atoms with Gasteiger partial charge in [-0.15, -0.1) is 0 Å². The van der Waals surface area contributed by atoms with E-state index in [2.05, 4.69) is 10.3 Å². The molecule has 2 atom stereocenters. The first-order valence-corrected chi connectivity index (χ1v) is 6.49. The van der Waals surface area contributed by atoms with Gasteiger partial charge in [0.05, 0.1) is 11.7 Å². The Kier molecular flexibility index (Phi) is 4.84. The zero-order chi connectivity index (χ0) is 14.4. The minimum absolute atomic E-state index is 0.391. The van der Waals surface area contributed by atoms with E-state index in [4.69, 9.17) is 16.2 Å². The first kappa shape index (κ1) is 14.6. The first-order valence-electron chi connectivity index (χ1n) is 6.49. The molecule has 2 rings (SSSR count). The van der Waals surface area contributed by atoms with Gasteiger partial charge in [0.25, 0.3) is 5.85 Å². The van der Waals surface area contributed by atoms with Crippen LogP contribution < -0.4 is 21.5 Å². The predicted octanol–water partition coefficient (Wildman–Crippen LogP) is 0.628. The van der Waals surface area contributed by atoms with E-state index >= 15 is 0 Å². The highest BCUT2D eigenvalue weighted by Gasteiger charge is 2.36. The van der Waals surface area contributed by atoms with Crippen molar-refractivity contribution in [3.05, 3.63) is 48.3 Å². The number of nitrogens with one attached hydrogen (secondary N) is 1. The van der Waals surface area contributed by atoms with Gasteiger partial charge in [0.2, 0.25) is 0 Å². The lowest BCUT2D eigenvalue weighted by atomic mass is 10.0. The SMILES string of the molecule is NCCNCc1cc(OC2(F)C=CC=CC2N)ccn1. The zero-order valence-electron chi connectivity index (χ0n) is 11.1. The van der Waals surface area contributed by atoms with Crippen LogP contribution in [0.3, 0.4) is 0 Å². The Morgan fingerprint density at radius 2 is 2.30 bits per heavy atom. The summed E-state index contributed by atoms with van der Waals surface area (Å²) in [6.45, 7) is 1.80. The normalized spacial score (nSPS) is 24.9. The molecule has 0 bridgehead atoms. The summed E-state index contributed by atoms with van der Waals surface area (Å²) < 4.78 is 19.9. The van der Waals surface area contributed by atoms with Crippen molar-refractivity contribution in [1.82, 2.24) is 10.3 Å². The number of ether oxygens (including phenoxy) is 1. The molecule has 20 heavy (non-hydrogen) atoms. The predicted molar refractivity (Wildman–Crippen MR) is 75.7 cm³/mol. The Morgan fingerprint density at radius 1 is 1.45 bits per heavy atom. The molecule has 108 valence electrons. The summed E-state index contributed by atoms with van der Waals surface area (Å²) in [6.07, 6.45) is 7.72. The Morgan fingerprint density at radius 3 is 3.05 bits per heavy atom. The van der Waals surface area contributed by atoms with Crippen molar-refractivity contribution in [2.24, 2.45) is 11.5 Å². The second-order valence-electron chi connectivity index (χ2n) is 4.52. The number of hydrogen-bond acceptors (Lipinski definition) is 5. The molecule has 0 fully saturated rings. The van der Waals surface area contributed by atoms with Gasteiger partial charge in [0, 0.05) is 31.9 Å². The largest absolute Gasteiger partial charge is 0.452 e. The highest BCUT2D eigenvalue weighted by Crippen LogP contribution is 2.26. The van der Waals surface area contributed by atoms with Gasteiger partial charge in [-0.2, -0.15) is 4.39 Å². The van der Waals surface area contributed by atoms with Gasteiger partial charge in [-0.05, 0) is 12.1 Å². The molecule has 1 aromatic heterocycles. The molecule has 0 saturated heterocycles. The van der Waals surface area contributed by atoms with Crippen molar-refractivity contribution in [2.75, 3.05) is 13.1 Å². The zero-order valence-corrected chi connectivity index (χ0v) is 11.1. The van der Waals surface area contributed by atoms with Crippen LogP contribution in [0.5, 0.6) is 5.75 Å². The maximum absolute atomic E-state index is 14.6. The lowest BCUT2D eigenvalue weighted by Gasteiger charge is -2.29. The summed E-state index contributed by atoms with van der Waals surface area (Å²) >= 11 is 0. The molecule has 1 aliphatic rings. The van der Waals surface area contributed by atoms with Crippen molar-refractivity contribution in [1.29, 1.82) is 0 Å². The fourth-order valence-electron chi connectivity index (χ4n) is 1.83. The number of allylic oxidation sites excluding steroid dienone is 2. The monoisotopic (exact) mass is 278 g/mol. The molecule has 5 N–H and O–H groups in total. The lowest BCUT2D eigenvalue weighted by Crippen LogP contribution is -2.47. The number of aromatic nitrogens is 1. The maximum atomic E-state index is 14.6. The Bertz CT molecular complexity index is 506. The van der Waals surface area contributed by atoms with E-state index < -0.39 is 11.9 Å². The van der Waals surface area contributed by atoms with E-state index in [1.54, 1.807) is 36.6 Å². The molecular weight excluding hydrogens is 259 g/mol. The Balaban J connectivity index is 2.04. The van der Waals surface area contributed by atoms with Crippen molar-refractivity contribution >= 4 is 0 Å². The van der Waals surface area contributed by atoms with Gasteiger partial charge in [-0.25, -0.2) is 0 Å². The first-order chi connectivity index (χ1) is 9.64. The van der Waals surface area contributed by atoms with Crippen LogP contribution in [0.1, 0.15) is 5.69 Å². The minimum Gasteiger partial charge on any atom is -0.452 e. The fraction of sp³-hybridized carbons (Fsp3) is 0.357. The second-order valence-corrected chi connectivity index (χ2v) is 4.52. The average Bonchev–Trinajstić information content (AvgIpc) is 2.43. The fourth-order valence-corrected chi connectivity index (χ4v) is 1.83. The van der Waals surface area contributed by atoms with Crippen LogP contribution in [0.2, 0.25) is 0 Å². The molecule has 1 aliphatic carbocycles. The Hall–Kier alpha value is -1.76. The van der Waals surface area contributed by atoms with E-state index in [0.717, 1.165) is 5.69 Å². The maximum Gasteiger partial charge on any atom is 0.286 e. The molecule has 0 saturated carbocycles. The third-order valence-electron chi connectivity index (χ3n) is 2.90. The van der Waals surface area contributed by atoms with Crippen LogP contribution in [-0.2, 0) is 6.54 Å². The molecule has 0 aromatic carbocycles. The summed E-state index contributed by atoms with van der Waals surface area (Å²) in [5.41, 5.74) is 11.9. The third-order valence-corrected chi connectivity index (χ3v) is 2.90. The van der Waals surface area contributed by atoms with E-state index in [1.165, 1.54) is 6.08 Å². The summed E-state index contributed by atoms with van der Waals surface area (Å²) in [5, 5.41) is 3.11. The van der Waals surface area contributed by atoms with Gasteiger partial charge in [0.15, 0.2) is 0 Å². The molecule has 0 spiro atoms. The van der Waals surface area contributed by atoms with E-state index in [0.29, 0.717) is 25.4 Å². The van der Waals surface area contributed by atoms with Crippen LogP contribution >= 0.6 is 0 Å². The second kappa shape index (κ2) is 6.60. The molecule has 2 unspecified atom stereocenters. The number of rotatable bonds is 6. The number of hydrogen-bond donors (Lipinski definition) is 3. The van der Waals surface area contributed by atoms with Crippen molar-refractivity contribution in [3.63, 3.8) is 0 Å². The van der Waals surface area contributed by atoms with Gasteiger partial charge in [0.1, 0.15) is 5.75 Å². The number of halogens is 1. The minimum atomic E-state index is -2.03. The van der Waals surface area contributed by atoms with Crippen LogP contribution in [0, 0.1) is 0 Å². The number of nitrogens with zero attached hydrogens (tertiary/aromatic N) is 1. The van der Waals surface area contributed by atoms with Crippen LogP contribution in [-0.4, -0.2) is 30.0 Å². The van der Waals surface area contributed by atoms with Crippen molar-refractivity contribution in [2.45, 2.75) is 18.4 Å². The number of pyridine rings is 1. The number of alkyl halides is 1.